The normalized spacial score (nSPS) is 26.4. The van der Waals surface area contributed by atoms with Crippen molar-refractivity contribution in [3.8, 4) is 0 Å². The predicted molar refractivity (Wildman–Crippen MR) is 45.8 cm³/mol. The molecule has 1 rings (SSSR count). The molecule has 0 aliphatic heterocycles. The van der Waals surface area contributed by atoms with Crippen LogP contribution in [0.3, 0.4) is 0 Å². The highest BCUT2D eigenvalue weighted by molar-refractivity contribution is 5.24. The molecule has 0 saturated carbocycles. The van der Waals surface area contributed by atoms with Gasteiger partial charge in [0.05, 0.1) is 4.92 Å². The lowest BCUT2D eigenvalue weighted by molar-refractivity contribution is -0.564. The third kappa shape index (κ3) is 1.43. The van der Waals surface area contributed by atoms with Gasteiger partial charge < -0.3 is 5.11 Å². The van der Waals surface area contributed by atoms with Crippen molar-refractivity contribution in [2.45, 2.75) is 18.9 Å². The topological polar surface area (TPSA) is 107 Å². The molecule has 7 heteroatoms. The van der Waals surface area contributed by atoms with Crippen molar-refractivity contribution in [1.82, 2.24) is 0 Å². The highest BCUT2D eigenvalue weighted by atomic mass is 16.6. The molecular weight excluding hydrogens is 192 g/mol. The fourth-order valence-electron chi connectivity index (χ4n) is 1.14. The number of aliphatic hydroxyl groups excluding tert-OH is 1. The van der Waals surface area contributed by atoms with Crippen molar-refractivity contribution in [2.24, 2.45) is 0 Å². The third-order valence-electron chi connectivity index (χ3n) is 2.15. The molecule has 0 amide bonds. The zero-order chi connectivity index (χ0) is 10.9. The van der Waals surface area contributed by atoms with Gasteiger partial charge in [0.2, 0.25) is 0 Å². The largest absolute Gasteiger partial charge is 0.505 e. The molecule has 7 nitrogen and oxygen atoms in total. The summed E-state index contributed by atoms with van der Waals surface area (Å²) in [5, 5.41) is 30.2. The maximum Gasteiger partial charge on any atom is 0.285 e. The fourth-order valence-corrected chi connectivity index (χ4v) is 1.14. The molecule has 0 spiro atoms. The summed E-state index contributed by atoms with van der Waals surface area (Å²) in [7, 11) is 0. The van der Waals surface area contributed by atoms with Gasteiger partial charge in [0, 0.05) is 17.9 Å². The molecule has 0 aromatic heterocycles. The number of hydrogen-bond acceptors (Lipinski definition) is 5. The molecule has 0 bridgehead atoms. The number of hydrogen-bond donors (Lipinski definition) is 1. The summed E-state index contributed by atoms with van der Waals surface area (Å²) in [6, 6.07) is 0. The van der Waals surface area contributed by atoms with Crippen LogP contribution in [0.4, 0.5) is 0 Å². The van der Waals surface area contributed by atoms with Crippen molar-refractivity contribution < 1.29 is 15.0 Å². The predicted octanol–water partition coefficient (Wildman–Crippen LogP) is 1.03. The van der Waals surface area contributed by atoms with Crippen LogP contribution in [0.2, 0.25) is 0 Å². The van der Waals surface area contributed by atoms with E-state index in [1.54, 1.807) is 0 Å². The van der Waals surface area contributed by atoms with Crippen LogP contribution in [0.15, 0.2) is 23.6 Å². The molecule has 1 atom stereocenters. The molecule has 1 N–H and O–H groups in total. The zero-order valence-electron chi connectivity index (χ0n) is 7.34. The Balaban J connectivity index is 3.09. The lowest BCUT2D eigenvalue weighted by atomic mass is 9.90. The summed E-state index contributed by atoms with van der Waals surface area (Å²) in [6.45, 7) is 1.15. The van der Waals surface area contributed by atoms with Gasteiger partial charge in [0.25, 0.3) is 11.2 Å². The highest BCUT2D eigenvalue weighted by Gasteiger charge is 2.47. The number of nitro groups is 2. The standard InChI is InChI=1S/C7H8N2O5/c1-7(9(13)14)4-5(8(11)12)2-3-6(7)10/h2-3,10H,4H2,1H3. The monoisotopic (exact) mass is 200 g/mol. The molecule has 1 unspecified atom stereocenters. The summed E-state index contributed by atoms with van der Waals surface area (Å²) in [5.41, 5.74) is -2.06. The summed E-state index contributed by atoms with van der Waals surface area (Å²) in [5.74, 6) is -0.465. The number of nitrogens with zero attached hydrogens (tertiary/aromatic N) is 2. The van der Waals surface area contributed by atoms with Crippen LogP contribution in [0.25, 0.3) is 0 Å². The first-order valence-electron chi connectivity index (χ1n) is 3.77. The Bertz CT molecular complexity index is 359. The Morgan fingerprint density at radius 1 is 1.43 bits per heavy atom. The van der Waals surface area contributed by atoms with E-state index < -0.39 is 27.6 Å². The first-order chi connectivity index (χ1) is 6.38. The molecule has 0 radical (unpaired) electrons. The molecule has 76 valence electrons. The molecule has 0 aromatic rings. The van der Waals surface area contributed by atoms with Crippen molar-refractivity contribution in [2.75, 3.05) is 0 Å². The van der Waals surface area contributed by atoms with Gasteiger partial charge in [0.1, 0.15) is 6.42 Å². The quantitative estimate of drug-likeness (QED) is 0.529. The maximum atomic E-state index is 10.6. The third-order valence-corrected chi connectivity index (χ3v) is 2.15. The van der Waals surface area contributed by atoms with Gasteiger partial charge in [0.15, 0.2) is 5.76 Å². The molecule has 0 heterocycles. The molecule has 0 aromatic carbocycles. The van der Waals surface area contributed by atoms with E-state index in [9.17, 15) is 25.3 Å². The number of allylic oxidation sites excluding steroid dienone is 2. The van der Waals surface area contributed by atoms with Gasteiger partial charge in [-0.1, -0.05) is 0 Å². The Morgan fingerprint density at radius 3 is 2.43 bits per heavy atom. The first kappa shape index (κ1) is 10.2. The Labute approximate surface area is 78.6 Å². The van der Waals surface area contributed by atoms with Crippen molar-refractivity contribution in [1.29, 1.82) is 0 Å². The van der Waals surface area contributed by atoms with Gasteiger partial charge in [-0.2, -0.15) is 0 Å². The average Bonchev–Trinajstić information content (AvgIpc) is 2.09. The van der Waals surface area contributed by atoms with Gasteiger partial charge in [-0.25, -0.2) is 0 Å². The first-order valence-corrected chi connectivity index (χ1v) is 3.77. The van der Waals surface area contributed by atoms with Gasteiger partial charge in [-0.3, -0.25) is 20.2 Å². The zero-order valence-corrected chi connectivity index (χ0v) is 7.34. The molecule has 1 aliphatic carbocycles. The summed E-state index contributed by atoms with van der Waals surface area (Å²) in [4.78, 5) is 19.6. The Kier molecular flexibility index (Phi) is 2.24. The summed E-state index contributed by atoms with van der Waals surface area (Å²) < 4.78 is 0. The SMILES string of the molecule is CC1([N+](=O)[O-])CC([N+](=O)[O-])=CC=C1O. The number of rotatable bonds is 2. The molecule has 0 fully saturated rings. The Morgan fingerprint density at radius 2 is 2.00 bits per heavy atom. The summed E-state index contributed by atoms with van der Waals surface area (Å²) in [6.07, 6.45) is 1.65. The Hall–Kier alpha value is -1.92. The van der Waals surface area contributed by atoms with Crippen LogP contribution >= 0.6 is 0 Å². The number of aliphatic hydroxyl groups is 1. The van der Waals surface area contributed by atoms with Crippen LogP contribution in [0, 0.1) is 20.2 Å². The van der Waals surface area contributed by atoms with Crippen LogP contribution in [-0.2, 0) is 0 Å². The van der Waals surface area contributed by atoms with E-state index in [-0.39, 0.29) is 5.70 Å². The van der Waals surface area contributed by atoms with E-state index in [4.69, 9.17) is 0 Å². The molecular formula is C7H8N2O5. The molecule has 14 heavy (non-hydrogen) atoms. The lowest BCUT2D eigenvalue weighted by Crippen LogP contribution is -2.39. The van der Waals surface area contributed by atoms with E-state index in [2.05, 4.69) is 0 Å². The highest BCUT2D eigenvalue weighted by Crippen LogP contribution is 2.30. The second kappa shape index (κ2) is 3.09. The van der Waals surface area contributed by atoms with E-state index in [1.165, 1.54) is 0 Å². The van der Waals surface area contributed by atoms with Gasteiger partial charge in [-0.15, -0.1) is 0 Å². The lowest BCUT2D eigenvalue weighted by Gasteiger charge is -2.20. The molecule has 0 saturated heterocycles. The van der Waals surface area contributed by atoms with Crippen molar-refractivity contribution >= 4 is 0 Å². The van der Waals surface area contributed by atoms with E-state index in [0.29, 0.717) is 0 Å². The van der Waals surface area contributed by atoms with Crippen molar-refractivity contribution in [3.63, 3.8) is 0 Å². The van der Waals surface area contributed by atoms with Crippen LogP contribution in [0.5, 0.6) is 0 Å². The molecule has 1 aliphatic rings. The van der Waals surface area contributed by atoms with Gasteiger partial charge in [-0.05, 0) is 6.08 Å². The van der Waals surface area contributed by atoms with Gasteiger partial charge >= 0.3 is 0 Å². The average molecular weight is 200 g/mol. The van der Waals surface area contributed by atoms with Crippen LogP contribution in [-0.4, -0.2) is 20.5 Å². The van der Waals surface area contributed by atoms with E-state index in [1.807, 2.05) is 0 Å². The minimum Gasteiger partial charge on any atom is -0.505 e. The van der Waals surface area contributed by atoms with Crippen LogP contribution < -0.4 is 0 Å². The van der Waals surface area contributed by atoms with Crippen molar-refractivity contribution in [3.05, 3.63) is 43.8 Å². The smallest absolute Gasteiger partial charge is 0.285 e. The van der Waals surface area contributed by atoms with Crippen LogP contribution in [0.1, 0.15) is 13.3 Å². The second-order valence-corrected chi connectivity index (χ2v) is 3.17. The minimum absolute atomic E-state index is 0.276. The minimum atomic E-state index is -1.78. The second-order valence-electron chi connectivity index (χ2n) is 3.17. The summed E-state index contributed by atoms with van der Waals surface area (Å²) >= 11 is 0. The fraction of sp³-hybridized carbons (Fsp3) is 0.429. The van der Waals surface area contributed by atoms with E-state index in [0.717, 1.165) is 19.1 Å². The maximum absolute atomic E-state index is 10.6. The van der Waals surface area contributed by atoms with E-state index >= 15 is 0 Å².